The fourth-order valence-corrected chi connectivity index (χ4v) is 2.02. The smallest absolute Gasteiger partial charge is 0.350 e. The Hall–Kier alpha value is -1.90. The number of nitrogens with zero attached hydrogens (tertiary/aromatic N) is 2. The predicted molar refractivity (Wildman–Crippen MR) is 87.8 cm³/mol. The SMILES string of the molecule is CC(C)(C)Nc1nc(Nc2ccc(Br)c(F)c2)cc(C(F)(F)F)n1. The summed E-state index contributed by atoms with van der Waals surface area (Å²) in [6.07, 6.45) is -4.63. The molecule has 0 spiro atoms. The molecule has 4 nitrogen and oxygen atoms in total. The van der Waals surface area contributed by atoms with Crippen LogP contribution in [0.3, 0.4) is 0 Å². The summed E-state index contributed by atoms with van der Waals surface area (Å²) in [6.45, 7) is 5.31. The monoisotopic (exact) mass is 406 g/mol. The number of hydrogen-bond acceptors (Lipinski definition) is 4. The highest BCUT2D eigenvalue weighted by Crippen LogP contribution is 2.31. The molecule has 1 aromatic heterocycles. The van der Waals surface area contributed by atoms with Gasteiger partial charge in [-0.3, -0.25) is 0 Å². The van der Waals surface area contributed by atoms with Crippen LogP contribution < -0.4 is 10.6 Å². The Bertz CT molecular complexity index is 741. The van der Waals surface area contributed by atoms with E-state index in [4.69, 9.17) is 0 Å². The van der Waals surface area contributed by atoms with Crippen molar-refractivity contribution in [2.75, 3.05) is 10.6 Å². The van der Waals surface area contributed by atoms with E-state index in [-0.39, 0.29) is 21.9 Å². The fourth-order valence-electron chi connectivity index (χ4n) is 1.77. The van der Waals surface area contributed by atoms with Crippen LogP contribution in [0, 0.1) is 5.82 Å². The molecule has 2 N–H and O–H groups in total. The van der Waals surface area contributed by atoms with Gasteiger partial charge >= 0.3 is 6.18 Å². The molecule has 0 radical (unpaired) electrons. The van der Waals surface area contributed by atoms with Crippen LogP contribution in [0.5, 0.6) is 0 Å². The van der Waals surface area contributed by atoms with Gasteiger partial charge in [-0.2, -0.15) is 18.2 Å². The third-order valence-corrected chi connectivity index (χ3v) is 3.34. The van der Waals surface area contributed by atoms with Gasteiger partial charge in [0.05, 0.1) is 4.47 Å². The molecule has 1 heterocycles. The second-order valence-corrected chi connectivity index (χ2v) is 6.94. The standard InChI is InChI=1S/C15H15BrF4N4/c1-14(2,3)24-13-22-11(15(18,19)20)7-12(23-13)21-8-4-5-9(16)10(17)6-8/h4-7H,1-3H3,(H2,21,22,23,24). The molecule has 9 heteroatoms. The maximum atomic E-state index is 13.5. The Labute approximate surface area is 144 Å². The average molecular weight is 407 g/mol. The summed E-state index contributed by atoms with van der Waals surface area (Å²) in [5.41, 5.74) is -1.35. The lowest BCUT2D eigenvalue weighted by molar-refractivity contribution is -0.141. The van der Waals surface area contributed by atoms with Gasteiger partial charge < -0.3 is 10.6 Å². The minimum absolute atomic E-state index is 0.0919. The lowest BCUT2D eigenvalue weighted by Crippen LogP contribution is -2.28. The van der Waals surface area contributed by atoms with Crippen molar-refractivity contribution in [3.63, 3.8) is 0 Å². The molecule has 130 valence electrons. The van der Waals surface area contributed by atoms with Gasteiger partial charge in [0.15, 0.2) is 5.69 Å². The van der Waals surface area contributed by atoms with E-state index in [2.05, 4.69) is 36.5 Å². The summed E-state index contributed by atoms with van der Waals surface area (Å²) >= 11 is 3.01. The van der Waals surface area contributed by atoms with Crippen molar-refractivity contribution in [2.45, 2.75) is 32.5 Å². The maximum Gasteiger partial charge on any atom is 0.433 e. The molecule has 0 saturated heterocycles. The second kappa shape index (κ2) is 6.54. The van der Waals surface area contributed by atoms with Crippen molar-refractivity contribution in [1.82, 2.24) is 9.97 Å². The normalized spacial score (nSPS) is 12.2. The maximum absolute atomic E-state index is 13.5. The topological polar surface area (TPSA) is 49.8 Å². The van der Waals surface area contributed by atoms with Gasteiger partial charge in [-0.05, 0) is 54.9 Å². The number of rotatable bonds is 3. The van der Waals surface area contributed by atoms with E-state index in [0.717, 1.165) is 12.1 Å². The number of anilines is 3. The molecule has 2 rings (SSSR count). The van der Waals surface area contributed by atoms with E-state index in [9.17, 15) is 17.6 Å². The summed E-state index contributed by atoms with van der Waals surface area (Å²) in [5.74, 6) is -0.804. The van der Waals surface area contributed by atoms with Crippen LogP contribution in [0.25, 0.3) is 0 Å². The van der Waals surface area contributed by atoms with Gasteiger partial charge in [-0.15, -0.1) is 0 Å². The molecule has 0 saturated carbocycles. The van der Waals surface area contributed by atoms with Crippen molar-refractivity contribution in [2.24, 2.45) is 0 Å². The van der Waals surface area contributed by atoms with E-state index >= 15 is 0 Å². The Morgan fingerprint density at radius 1 is 1.04 bits per heavy atom. The molecule has 0 aliphatic rings. The molecule has 2 aromatic rings. The summed E-state index contributed by atoms with van der Waals surface area (Å²) in [4.78, 5) is 7.51. The minimum Gasteiger partial charge on any atom is -0.350 e. The minimum atomic E-state index is -4.63. The number of aromatic nitrogens is 2. The molecule has 24 heavy (non-hydrogen) atoms. The zero-order chi connectivity index (χ0) is 18.1. The van der Waals surface area contributed by atoms with Crippen molar-refractivity contribution in [3.8, 4) is 0 Å². The van der Waals surface area contributed by atoms with Crippen LogP contribution >= 0.6 is 15.9 Å². The highest BCUT2D eigenvalue weighted by atomic mass is 79.9. The Balaban J connectivity index is 2.40. The van der Waals surface area contributed by atoms with E-state index in [1.54, 1.807) is 20.8 Å². The van der Waals surface area contributed by atoms with Crippen molar-refractivity contribution in [3.05, 3.63) is 40.2 Å². The molecular formula is C15H15BrF4N4. The largest absolute Gasteiger partial charge is 0.433 e. The molecule has 0 amide bonds. The van der Waals surface area contributed by atoms with Gasteiger partial charge in [0.1, 0.15) is 11.6 Å². The lowest BCUT2D eigenvalue weighted by atomic mass is 10.1. The van der Waals surface area contributed by atoms with E-state index in [0.29, 0.717) is 0 Å². The first-order valence-electron chi connectivity index (χ1n) is 6.90. The number of benzene rings is 1. The zero-order valence-electron chi connectivity index (χ0n) is 13.1. The summed E-state index contributed by atoms with van der Waals surface area (Å²) in [5, 5.41) is 5.46. The molecule has 0 aliphatic carbocycles. The number of halogens is 5. The first-order valence-corrected chi connectivity index (χ1v) is 7.70. The van der Waals surface area contributed by atoms with Gasteiger partial charge in [-0.25, -0.2) is 9.37 Å². The van der Waals surface area contributed by atoms with Gasteiger partial charge in [0.2, 0.25) is 5.95 Å². The molecule has 0 fully saturated rings. The summed E-state index contributed by atoms with van der Waals surface area (Å²) in [6, 6.07) is 4.88. The van der Waals surface area contributed by atoms with Crippen LogP contribution in [0.4, 0.5) is 35.0 Å². The fraction of sp³-hybridized carbons (Fsp3) is 0.333. The highest BCUT2D eigenvalue weighted by Gasteiger charge is 2.34. The van der Waals surface area contributed by atoms with Crippen molar-refractivity contribution < 1.29 is 17.6 Å². The summed E-state index contributed by atoms with van der Waals surface area (Å²) in [7, 11) is 0. The number of hydrogen-bond donors (Lipinski definition) is 2. The van der Waals surface area contributed by atoms with Crippen LogP contribution in [-0.4, -0.2) is 15.5 Å². The summed E-state index contributed by atoms with van der Waals surface area (Å²) < 4.78 is 52.9. The number of alkyl halides is 3. The van der Waals surface area contributed by atoms with Gasteiger partial charge in [0, 0.05) is 17.3 Å². The average Bonchev–Trinajstić information content (AvgIpc) is 2.40. The van der Waals surface area contributed by atoms with E-state index < -0.39 is 23.2 Å². The molecule has 0 aliphatic heterocycles. The Kier molecular flexibility index (Phi) is 5.03. The lowest BCUT2D eigenvalue weighted by Gasteiger charge is -2.21. The molecule has 0 unspecified atom stereocenters. The van der Waals surface area contributed by atoms with Crippen LogP contribution in [0.1, 0.15) is 26.5 Å². The predicted octanol–water partition coefficient (Wildman–Crippen LogP) is 5.35. The van der Waals surface area contributed by atoms with Gasteiger partial charge in [-0.1, -0.05) is 0 Å². The first kappa shape index (κ1) is 18.4. The van der Waals surface area contributed by atoms with Gasteiger partial charge in [0.25, 0.3) is 0 Å². The van der Waals surface area contributed by atoms with E-state index in [1.807, 2.05) is 0 Å². The van der Waals surface area contributed by atoms with Crippen LogP contribution in [0.2, 0.25) is 0 Å². The quantitative estimate of drug-likeness (QED) is 0.674. The van der Waals surface area contributed by atoms with E-state index in [1.165, 1.54) is 12.1 Å². The Morgan fingerprint density at radius 2 is 1.71 bits per heavy atom. The third-order valence-electron chi connectivity index (χ3n) is 2.70. The first-order chi connectivity index (χ1) is 10.9. The van der Waals surface area contributed by atoms with Crippen molar-refractivity contribution >= 4 is 33.4 Å². The zero-order valence-corrected chi connectivity index (χ0v) is 14.7. The molecular weight excluding hydrogens is 392 g/mol. The second-order valence-electron chi connectivity index (χ2n) is 6.09. The van der Waals surface area contributed by atoms with Crippen LogP contribution in [-0.2, 0) is 6.18 Å². The number of nitrogens with one attached hydrogen (secondary N) is 2. The highest BCUT2D eigenvalue weighted by molar-refractivity contribution is 9.10. The van der Waals surface area contributed by atoms with Crippen molar-refractivity contribution in [1.29, 1.82) is 0 Å². The van der Waals surface area contributed by atoms with Crippen LogP contribution in [0.15, 0.2) is 28.7 Å². The Morgan fingerprint density at radius 3 is 2.25 bits per heavy atom. The molecule has 1 aromatic carbocycles. The molecule has 0 bridgehead atoms. The third kappa shape index (κ3) is 5.05. The molecule has 0 atom stereocenters.